The van der Waals surface area contributed by atoms with Crippen LogP contribution in [0, 0.1) is 6.92 Å². The third-order valence-corrected chi connectivity index (χ3v) is 7.68. The van der Waals surface area contributed by atoms with E-state index in [2.05, 4.69) is 9.44 Å². The number of benzene rings is 3. The van der Waals surface area contributed by atoms with Crippen molar-refractivity contribution in [3.8, 4) is 5.75 Å². The number of hydrogen-bond donors (Lipinski definition) is 3. The van der Waals surface area contributed by atoms with Crippen molar-refractivity contribution in [2.45, 2.75) is 16.7 Å². The van der Waals surface area contributed by atoms with Crippen LogP contribution in [0.2, 0.25) is 5.02 Å². The maximum Gasteiger partial charge on any atom is 0.263 e. The summed E-state index contributed by atoms with van der Waals surface area (Å²) in [6.07, 6.45) is 0. The molecule has 3 rings (SSSR count). The Morgan fingerprint density at radius 3 is 2.19 bits per heavy atom. The summed E-state index contributed by atoms with van der Waals surface area (Å²) in [5.41, 5.74) is 6.96. The molecule has 164 valence electrons. The number of rotatable bonds is 7. The van der Waals surface area contributed by atoms with E-state index < -0.39 is 20.0 Å². The Kier molecular flexibility index (Phi) is 6.35. The minimum atomic E-state index is -3.99. The zero-order valence-corrected chi connectivity index (χ0v) is 19.0. The van der Waals surface area contributed by atoms with Crippen LogP contribution in [0.4, 0.5) is 17.1 Å². The molecule has 0 unspecified atom stereocenters. The summed E-state index contributed by atoms with van der Waals surface area (Å²) in [6, 6.07) is 14.4. The zero-order valence-electron chi connectivity index (χ0n) is 16.6. The average Bonchev–Trinajstić information content (AvgIpc) is 2.71. The number of sulfonamides is 2. The van der Waals surface area contributed by atoms with E-state index in [1.165, 1.54) is 49.6 Å². The van der Waals surface area contributed by atoms with Crippen LogP contribution in [-0.4, -0.2) is 23.9 Å². The van der Waals surface area contributed by atoms with Gasteiger partial charge in [-0.05, 0) is 61.0 Å². The Labute approximate surface area is 186 Å². The molecule has 3 aromatic carbocycles. The minimum Gasteiger partial charge on any atom is -0.497 e. The number of halogens is 1. The molecule has 0 aliphatic rings. The van der Waals surface area contributed by atoms with Gasteiger partial charge in [-0.2, -0.15) is 0 Å². The van der Waals surface area contributed by atoms with E-state index in [1.807, 2.05) is 0 Å². The molecular weight excluding hydrogens is 462 g/mol. The van der Waals surface area contributed by atoms with E-state index >= 15 is 0 Å². The zero-order chi connectivity index (χ0) is 22.8. The number of anilines is 3. The van der Waals surface area contributed by atoms with Crippen molar-refractivity contribution in [1.82, 2.24) is 0 Å². The van der Waals surface area contributed by atoms with Crippen molar-refractivity contribution < 1.29 is 21.6 Å². The maximum absolute atomic E-state index is 12.7. The Bertz CT molecular complexity index is 1330. The number of ether oxygens (including phenoxy) is 1. The summed E-state index contributed by atoms with van der Waals surface area (Å²) in [5.74, 6) is 0.424. The predicted octanol–water partition coefficient (Wildman–Crippen LogP) is 3.84. The fraction of sp³-hybridized carbons (Fsp3) is 0.100. The lowest BCUT2D eigenvalue weighted by Gasteiger charge is -2.13. The van der Waals surface area contributed by atoms with E-state index in [9.17, 15) is 16.8 Å². The highest BCUT2D eigenvalue weighted by atomic mass is 35.5. The van der Waals surface area contributed by atoms with Crippen LogP contribution in [0.15, 0.2) is 70.5 Å². The van der Waals surface area contributed by atoms with Gasteiger partial charge >= 0.3 is 0 Å². The Balaban J connectivity index is 1.82. The first-order valence-corrected chi connectivity index (χ1v) is 12.2. The summed E-state index contributed by atoms with van der Waals surface area (Å²) in [7, 11) is -6.44. The largest absolute Gasteiger partial charge is 0.497 e. The van der Waals surface area contributed by atoms with Crippen LogP contribution in [-0.2, 0) is 20.0 Å². The molecule has 0 aliphatic heterocycles. The summed E-state index contributed by atoms with van der Waals surface area (Å²) in [6.45, 7) is 1.70. The molecule has 31 heavy (non-hydrogen) atoms. The Morgan fingerprint density at radius 2 is 1.58 bits per heavy atom. The lowest BCUT2D eigenvalue weighted by atomic mass is 10.2. The van der Waals surface area contributed by atoms with Gasteiger partial charge < -0.3 is 10.5 Å². The first kappa shape index (κ1) is 22.7. The molecule has 0 radical (unpaired) electrons. The maximum atomic E-state index is 12.7. The number of nitrogens with one attached hydrogen (secondary N) is 2. The van der Waals surface area contributed by atoms with Crippen LogP contribution in [0.1, 0.15) is 5.56 Å². The third-order valence-electron chi connectivity index (χ3n) is 4.44. The molecule has 0 bridgehead atoms. The van der Waals surface area contributed by atoms with Crippen molar-refractivity contribution in [3.05, 3.63) is 71.2 Å². The van der Waals surface area contributed by atoms with Crippen molar-refractivity contribution in [3.63, 3.8) is 0 Å². The van der Waals surface area contributed by atoms with Crippen molar-refractivity contribution in [2.24, 2.45) is 0 Å². The van der Waals surface area contributed by atoms with Crippen LogP contribution in [0.3, 0.4) is 0 Å². The highest BCUT2D eigenvalue weighted by Crippen LogP contribution is 2.28. The molecule has 4 N–H and O–H groups in total. The van der Waals surface area contributed by atoms with Crippen LogP contribution < -0.4 is 19.9 Å². The van der Waals surface area contributed by atoms with Gasteiger partial charge in [0, 0.05) is 16.8 Å². The van der Waals surface area contributed by atoms with E-state index in [0.29, 0.717) is 22.0 Å². The highest BCUT2D eigenvalue weighted by molar-refractivity contribution is 7.93. The Morgan fingerprint density at radius 1 is 0.903 bits per heavy atom. The smallest absolute Gasteiger partial charge is 0.263 e. The molecule has 8 nitrogen and oxygen atoms in total. The van der Waals surface area contributed by atoms with Crippen LogP contribution in [0.5, 0.6) is 5.75 Å². The molecule has 0 heterocycles. The molecule has 0 atom stereocenters. The highest BCUT2D eigenvalue weighted by Gasteiger charge is 2.20. The number of hydrogen-bond acceptors (Lipinski definition) is 6. The van der Waals surface area contributed by atoms with Crippen LogP contribution >= 0.6 is 11.6 Å². The monoisotopic (exact) mass is 481 g/mol. The SMILES string of the molecule is COc1ccc(S(=O)(=O)Nc2ccc(S(=O)(=O)Nc3cccc(Cl)c3C)cc2)c(N)c1. The molecule has 0 aromatic heterocycles. The van der Waals surface area contributed by atoms with Gasteiger partial charge in [-0.3, -0.25) is 9.44 Å². The average molecular weight is 482 g/mol. The summed E-state index contributed by atoms with van der Waals surface area (Å²) in [4.78, 5) is -0.165. The molecular formula is C20H20ClN3O5S2. The fourth-order valence-corrected chi connectivity index (χ4v) is 5.20. The second kappa shape index (κ2) is 8.66. The Hall–Kier alpha value is -2.95. The molecule has 0 spiro atoms. The number of nitrogens with two attached hydrogens (primary N) is 1. The topological polar surface area (TPSA) is 128 Å². The molecule has 0 saturated carbocycles. The minimum absolute atomic E-state index is 0.0205. The molecule has 11 heteroatoms. The van der Waals surface area contributed by atoms with Gasteiger partial charge in [-0.15, -0.1) is 0 Å². The number of nitrogen functional groups attached to an aromatic ring is 1. The van der Waals surface area contributed by atoms with Gasteiger partial charge in [-0.1, -0.05) is 17.7 Å². The van der Waals surface area contributed by atoms with Gasteiger partial charge in [0.25, 0.3) is 20.0 Å². The lowest BCUT2D eigenvalue weighted by Crippen LogP contribution is -2.16. The van der Waals surface area contributed by atoms with Gasteiger partial charge in [0.2, 0.25) is 0 Å². The van der Waals surface area contributed by atoms with E-state index in [0.717, 1.165) is 0 Å². The first-order chi connectivity index (χ1) is 14.5. The normalized spacial score (nSPS) is 11.7. The van der Waals surface area contributed by atoms with Gasteiger partial charge in [0.15, 0.2) is 0 Å². The second-order valence-corrected chi connectivity index (χ2v) is 10.3. The molecule has 0 aliphatic carbocycles. The van der Waals surface area contributed by atoms with E-state index in [-0.39, 0.29) is 21.2 Å². The summed E-state index contributed by atoms with van der Waals surface area (Å²) < 4.78 is 60.5. The fourth-order valence-electron chi connectivity index (χ4n) is 2.73. The van der Waals surface area contributed by atoms with Crippen molar-refractivity contribution in [1.29, 1.82) is 0 Å². The molecule has 3 aromatic rings. The standard InChI is InChI=1S/C20H20ClN3O5S2/c1-13-17(21)4-3-5-19(13)24-30(25,26)16-9-6-14(7-10-16)23-31(27,28)20-11-8-15(29-2)12-18(20)22/h3-12,23-24H,22H2,1-2H3. The van der Waals surface area contributed by atoms with Gasteiger partial charge in [0.05, 0.1) is 23.4 Å². The first-order valence-electron chi connectivity index (χ1n) is 8.88. The quantitative estimate of drug-likeness (QED) is 0.440. The molecule has 0 amide bonds. The second-order valence-electron chi connectivity index (χ2n) is 6.55. The summed E-state index contributed by atoms with van der Waals surface area (Å²) in [5, 5.41) is 0.433. The number of methoxy groups -OCH3 is 1. The van der Waals surface area contributed by atoms with E-state index in [4.69, 9.17) is 22.1 Å². The lowest BCUT2D eigenvalue weighted by molar-refractivity contribution is 0.414. The van der Waals surface area contributed by atoms with Crippen LogP contribution in [0.25, 0.3) is 0 Å². The van der Waals surface area contributed by atoms with E-state index in [1.54, 1.807) is 25.1 Å². The molecule has 0 fully saturated rings. The van der Waals surface area contributed by atoms with Crippen molar-refractivity contribution >= 4 is 48.7 Å². The third kappa shape index (κ3) is 5.04. The van der Waals surface area contributed by atoms with Gasteiger partial charge in [-0.25, -0.2) is 16.8 Å². The van der Waals surface area contributed by atoms with Gasteiger partial charge in [0.1, 0.15) is 10.6 Å². The predicted molar refractivity (Wildman–Crippen MR) is 122 cm³/mol. The molecule has 0 saturated heterocycles. The summed E-state index contributed by atoms with van der Waals surface area (Å²) >= 11 is 6.03. The van der Waals surface area contributed by atoms with Crippen molar-refractivity contribution in [2.75, 3.05) is 22.3 Å².